The van der Waals surface area contributed by atoms with Crippen molar-refractivity contribution in [3.05, 3.63) is 109 Å². The van der Waals surface area contributed by atoms with Gasteiger partial charge >= 0.3 is 6.18 Å². The lowest BCUT2D eigenvalue weighted by Gasteiger charge is -2.10. The third-order valence-corrected chi connectivity index (χ3v) is 8.07. The number of alkyl halides is 3. The summed E-state index contributed by atoms with van der Waals surface area (Å²) in [5, 5.41) is 8.09. The van der Waals surface area contributed by atoms with Crippen LogP contribution in [0.4, 0.5) is 19.0 Å². The number of halogens is 3. The minimum atomic E-state index is -4.54. The Morgan fingerprint density at radius 2 is 1.65 bits per heavy atom. The lowest BCUT2D eigenvalue weighted by molar-refractivity contribution is -0.137. The first-order chi connectivity index (χ1) is 20.6. The number of pyridine rings is 1. The molecule has 0 bridgehead atoms. The van der Waals surface area contributed by atoms with Crippen molar-refractivity contribution in [3.63, 3.8) is 0 Å². The standard InChI is InChI=1S/C31H28F3N5O3S/c1-42-26-10-5-7-23(19-26)30-28(21-39(38-30)25-8-3-2-4-9-25)22-15-18-36-29(20-22)35-16-6-17-37-43(40,41)27-13-11-24(12-14-27)31(32,33)34/h2-5,7-15,18-21,37H,6,16-17H2,1H3,(H,35,36). The summed E-state index contributed by atoms with van der Waals surface area (Å²) in [4.78, 5) is 4.16. The number of rotatable bonds is 11. The van der Waals surface area contributed by atoms with Crippen LogP contribution in [0, 0.1) is 0 Å². The van der Waals surface area contributed by atoms with Crippen LogP contribution in [0.3, 0.4) is 0 Å². The van der Waals surface area contributed by atoms with Crippen molar-refractivity contribution in [1.82, 2.24) is 19.5 Å². The minimum Gasteiger partial charge on any atom is -0.497 e. The van der Waals surface area contributed by atoms with Crippen molar-refractivity contribution in [2.24, 2.45) is 0 Å². The molecular formula is C31H28F3N5O3S. The SMILES string of the molecule is COc1cccc(-c2nn(-c3ccccc3)cc2-c2ccnc(NCCCNS(=O)(=O)c3ccc(C(F)(F)F)cc3)c2)c1. The molecule has 0 aliphatic heterocycles. The Morgan fingerprint density at radius 3 is 2.37 bits per heavy atom. The van der Waals surface area contributed by atoms with Crippen LogP contribution in [0.5, 0.6) is 5.75 Å². The number of para-hydroxylation sites is 1. The maximum Gasteiger partial charge on any atom is 0.416 e. The second-order valence-corrected chi connectivity index (χ2v) is 11.3. The lowest BCUT2D eigenvalue weighted by Crippen LogP contribution is -2.26. The average Bonchev–Trinajstić information content (AvgIpc) is 3.47. The van der Waals surface area contributed by atoms with E-state index in [1.807, 2.05) is 77.6 Å². The van der Waals surface area contributed by atoms with Gasteiger partial charge in [-0.05, 0) is 72.6 Å². The van der Waals surface area contributed by atoms with Crippen molar-refractivity contribution in [1.29, 1.82) is 0 Å². The van der Waals surface area contributed by atoms with Gasteiger partial charge in [-0.1, -0.05) is 30.3 Å². The van der Waals surface area contributed by atoms with Gasteiger partial charge < -0.3 is 10.1 Å². The largest absolute Gasteiger partial charge is 0.497 e. The number of ether oxygens (including phenoxy) is 1. The van der Waals surface area contributed by atoms with E-state index in [1.54, 1.807) is 13.3 Å². The number of nitrogens with one attached hydrogen (secondary N) is 2. The number of hydrogen-bond donors (Lipinski definition) is 2. The number of nitrogens with zero attached hydrogens (tertiary/aromatic N) is 3. The van der Waals surface area contributed by atoms with E-state index in [1.165, 1.54) is 0 Å². The van der Waals surface area contributed by atoms with Gasteiger partial charge in [-0.25, -0.2) is 22.8 Å². The summed E-state index contributed by atoms with van der Waals surface area (Å²) in [5.74, 6) is 1.30. The van der Waals surface area contributed by atoms with Gasteiger partial charge in [0.05, 0.1) is 23.3 Å². The first-order valence-corrected chi connectivity index (χ1v) is 14.8. The van der Waals surface area contributed by atoms with Crippen LogP contribution >= 0.6 is 0 Å². The molecule has 8 nitrogen and oxygen atoms in total. The summed E-state index contributed by atoms with van der Waals surface area (Å²) < 4.78 is 73.0. The van der Waals surface area contributed by atoms with Gasteiger partial charge in [-0.3, -0.25) is 0 Å². The van der Waals surface area contributed by atoms with E-state index >= 15 is 0 Å². The third-order valence-electron chi connectivity index (χ3n) is 6.59. The maximum absolute atomic E-state index is 12.8. The highest BCUT2D eigenvalue weighted by molar-refractivity contribution is 7.89. The monoisotopic (exact) mass is 607 g/mol. The Morgan fingerprint density at radius 1 is 0.884 bits per heavy atom. The minimum absolute atomic E-state index is 0.0832. The van der Waals surface area contributed by atoms with Gasteiger partial charge in [-0.2, -0.15) is 18.3 Å². The van der Waals surface area contributed by atoms with Gasteiger partial charge in [0.2, 0.25) is 10.0 Å². The van der Waals surface area contributed by atoms with E-state index in [2.05, 4.69) is 15.0 Å². The van der Waals surface area contributed by atoms with Crippen LogP contribution in [0.15, 0.2) is 108 Å². The average molecular weight is 608 g/mol. The molecule has 0 saturated heterocycles. The Labute approximate surface area is 247 Å². The summed E-state index contributed by atoms with van der Waals surface area (Å²) in [6.07, 6.45) is -0.488. The Hall–Kier alpha value is -4.68. The Bertz CT molecular complexity index is 1790. The molecule has 222 valence electrons. The van der Waals surface area contributed by atoms with Gasteiger partial charge in [0.15, 0.2) is 0 Å². The molecule has 43 heavy (non-hydrogen) atoms. The first kappa shape index (κ1) is 29.8. The zero-order valence-electron chi connectivity index (χ0n) is 23.0. The maximum atomic E-state index is 12.8. The second kappa shape index (κ2) is 12.7. The van der Waals surface area contributed by atoms with Crippen LogP contribution in [0.25, 0.3) is 28.1 Å². The van der Waals surface area contributed by atoms with E-state index in [4.69, 9.17) is 9.84 Å². The number of methoxy groups -OCH3 is 1. The molecule has 2 heterocycles. The van der Waals surface area contributed by atoms with E-state index in [0.717, 1.165) is 52.3 Å². The van der Waals surface area contributed by atoms with E-state index in [9.17, 15) is 21.6 Å². The molecule has 5 rings (SSSR count). The topological polar surface area (TPSA) is 98.1 Å². The molecule has 0 aliphatic carbocycles. The normalized spacial score (nSPS) is 11.8. The van der Waals surface area contributed by atoms with Gasteiger partial charge in [-0.15, -0.1) is 0 Å². The van der Waals surface area contributed by atoms with Crippen molar-refractivity contribution in [2.75, 3.05) is 25.5 Å². The number of aromatic nitrogens is 3. The van der Waals surface area contributed by atoms with Crippen LogP contribution < -0.4 is 14.8 Å². The van der Waals surface area contributed by atoms with Crippen molar-refractivity contribution in [3.8, 4) is 33.8 Å². The molecule has 0 aliphatic rings. The molecule has 2 N–H and O–H groups in total. The molecule has 0 unspecified atom stereocenters. The Balaban J connectivity index is 1.27. The fourth-order valence-corrected chi connectivity index (χ4v) is 5.47. The summed E-state index contributed by atoms with van der Waals surface area (Å²) in [5.41, 5.74) is 3.40. The number of sulfonamides is 1. The van der Waals surface area contributed by atoms with Crippen LogP contribution in [0.2, 0.25) is 0 Å². The zero-order valence-corrected chi connectivity index (χ0v) is 23.9. The molecule has 0 radical (unpaired) electrons. The number of anilines is 1. The van der Waals surface area contributed by atoms with Gasteiger partial charge in [0, 0.05) is 36.6 Å². The molecular weight excluding hydrogens is 579 g/mol. The zero-order chi connectivity index (χ0) is 30.5. The molecule has 0 saturated carbocycles. The predicted molar refractivity (Wildman–Crippen MR) is 159 cm³/mol. The molecule has 0 spiro atoms. The summed E-state index contributed by atoms with van der Waals surface area (Å²) in [6, 6.07) is 24.6. The van der Waals surface area contributed by atoms with E-state index in [-0.39, 0.29) is 11.4 Å². The number of hydrogen-bond acceptors (Lipinski definition) is 6. The fourth-order valence-electron chi connectivity index (χ4n) is 4.39. The quantitative estimate of drug-likeness (QED) is 0.169. The highest BCUT2D eigenvalue weighted by Crippen LogP contribution is 2.34. The highest BCUT2D eigenvalue weighted by Gasteiger charge is 2.30. The first-order valence-electron chi connectivity index (χ1n) is 13.3. The highest BCUT2D eigenvalue weighted by atomic mass is 32.2. The van der Waals surface area contributed by atoms with Gasteiger partial charge in [0.25, 0.3) is 0 Å². The Kier molecular flexibility index (Phi) is 8.78. The second-order valence-electron chi connectivity index (χ2n) is 9.53. The molecule has 2 aromatic heterocycles. The fraction of sp³-hybridized carbons (Fsp3) is 0.161. The van der Waals surface area contributed by atoms with Crippen LogP contribution in [0.1, 0.15) is 12.0 Å². The summed E-state index contributed by atoms with van der Waals surface area (Å²) in [6.45, 7) is 0.484. The van der Waals surface area contributed by atoms with Crippen molar-refractivity contribution >= 4 is 15.8 Å². The summed E-state index contributed by atoms with van der Waals surface area (Å²) >= 11 is 0. The summed E-state index contributed by atoms with van der Waals surface area (Å²) in [7, 11) is -2.33. The van der Waals surface area contributed by atoms with Crippen LogP contribution in [-0.2, 0) is 16.2 Å². The number of benzene rings is 3. The van der Waals surface area contributed by atoms with E-state index in [0.29, 0.717) is 24.5 Å². The van der Waals surface area contributed by atoms with E-state index < -0.39 is 21.8 Å². The van der Waals surface area contributed by atoms with Crippen molar-refractivity contribution in [2.45, 2.75) is 17.5 Å². The van der Waals surface area contributed by atoms with Gasteiger partial charge in [0.1, 0.15) is 17.3 Å². The molecule has 0 amide bonds. The van der Waals surface area contributed by atoms with Crippen LogP contribution in [-0.4, -0.2) is 43.4 Å². The third kappa shape index (κ3) is 7.22. The molecule has 0 atom stereocenters. The predicted octanol–water partition coefficient (Wildman–Crippen LogP) is 6.41. The molecule has 3 aromatic carbocycles. The molecule has 12 heteroatoms. The van der Waals surface area contributed by atoms with Crippen molar-refractivity contribution < 1.29 is 26.3 Å². The lowest BCUT2D eigenvalue weighted by atomic mass is 10.0. The molecule has 5 aromatic rings. The smallest absolute Gasteiger partial charge is 0.416 e. The molecule has 0 fully saturated rings.